The summed E-state index contributed by atoms with van der Waals surface area (Å²) < 4.78 is 12.6. The Morgan fingerprint density at radius 3 is 2.42 bits per heavy atom. The van der Waals surface area contributed by atoms with Gasteiger partial charge in [0.2, 0.25) is 5.91 Å². The van der Waals surface area contributed by atoms with Crippen molar-refractivity contribution in [2.24, 2.45) is 4.99 Å². The Kier molecular flexibility index (Phi) is 8.32. The number of amidine groups is 1. The Morgan fingerprint density at radius 1 is 1.07 bits per heavy atom. The van der Waals surface area contributed by atoms with E-state index in [1.54, 1.807) is 23.0 Å². The molecule has 10 heteroatoms. The second-order valence-corrected chi connectivity index (χ2v) is 11.3. The number of carbonyl (C=O) groups is 2. The Labute approximate surface area is 247 Å². The molecule has 3 aromatic rings. The number of rotatable bonds is 6. The van der Waals surface area contributed by atoms with E-state index in [1.165, 1.54) is 0 Å². The molecule has 1 saturated heterocycles. The third kappa shape index (κ3) is 5.81. The molecule has 2 aliphatic rings. The number of aliphatic imine (C=N–C) groups is 1. The lowest BCUT2D eigenvalue weighted by Gasteiger charge is -2.36. The lowest BCUT2D eigenvalue weighted by Crippen LogP contribution is -2.55. The third-order valence-corrected chi connectivity index (χ3v) is 7.58. The number of hydrogen-bond acceptors (Lipinski definition) is 5. The first-order valence-electron chi connectivity index (χ1n) is 13.0. The molecule has 2 heterocycles. The molecule has 0 bridgehead atoms. The van der Waals surface area contributed by atoms with Crippen LogP contribution >= 0.6 is 27.5 Å². The first-order chi connectivity index (χ1) is 19.2. The number of methoxy groups -OCH3 is 1. The Hall–Kier alpha value is -3.56. The van der Waals surface area contributed by atoms with Crippen LogP contribution in [0.4, 0.5) is 4.79 Å². The van der Waals surface area contributed by atoms with Crippen LogP contribution in [0.1, 0.15) is 42.6 Å². The van der Waals surface area contributed by atoms with Crippen LogP contribution in [0.25, 0.3) is 0 Å². The lowest BCUT2D eigenvalue weighted by molar-refractivity contribution is -0.123. The summed E-state index contributed by atoms with van der Waals surface area (Å²) in [5, 5.41) is 3.39. The summed E-state index contributed by atoms with van der Waals surface area (Å²) in [7, 11) is 1.60. The highest BCUT2D eigenvalue weighted by Crippen LogP contribution is 2.45. The molecule has 0 spiro atoms. The zero-order valence-corrected chi connectivity index (χ0v) is 24.8. The monoisotopic (exact) mass is 624 g/mol. The molecule has 8 nitrogen and oxygen atoms in total. The Morgan fingerprint density at radius 2 is 1.77 bits per heavy atom. The summed E-state index contributed by atoms with van der Waals surface area (Å²) in [6, 6.07) is 19.6. The van der Waals surface area contributed by atoms with Gasteiger partial charge in [0.15, 0.2) is 0 Å². The minimum atomic E-state index is -0.500. The smallest absolute Gasteiger partial charge is 0.326 e. The van der Waals surface area contributed by atoms with E-state index < -0.39 is 12.1 Å². The van der Waals surface area contributed by atoms with Crippen LogP contribution in [0.3, 0.4) is 0 Å². The van der Waals surface area contributed by atoms with Crippen molar-refractivity contribution in [3.05, 3.63) is 92.9 Å². The molecule has 3 amide bonds. The van der Waals surface area contributed by atoms with E-state index in [9.17, 15) is 9.59 Å². The molecule has 0 aliphatic carbocycles. The largest absolute Gasteiger partial charge is 0.497 e. The van der Waals surface area contributed by atoms with Crippen LogP contribution in [-0.4, -0.2) is 60.4 Å². The van der Waals surface area contributed by atoms with Gasteiger partial charge in [-0.3, -0.25) is 14.7 Å². The molecule has 0 unspecified atom stereocenters. The van der Waals surface area contributed by atoms with E-state index in [4.69, 9.17) is 26.1 Å². The minimum absolute atomic E-state index is 0.0309. The maximum atomic E-state index is 14.4. The Bertz CT molecular complexity index is 1430. The predicted octanol–water partition coefficient (Wildman–Crippen LogP) is 5.99. The van der Waals surface area contributed by atoms with Crippen molar-refractivity contribution >= 4 is 45.3 Å². The van der Waals surface area contributed by atoms with Crippen molar-refractivity contribution in [2.45, 2.75) is 32.0 Å². The van der Waals surface area contributed by atoms with Crippen molar-refractivity contribution in [1.82, 2.24) is 15.1 Å². The summed E-state index contributed by atoms with van der Waals surface area (Å²) in [6.07, 6.45) is -0.128. The second kappa shape index (κ2) is 11.9. The van der Waals surface area contributed by atoms with Crippen LogP contribution in [-0.2, 0) is 4.79 Å². The van der Waals surface area contributed by atoms with Crippen molar-refractivity contribution in [3.63, 3.8) is 0 Å². The van der Waals surface area contributed by atoms with Gasteiger partial charge in [-0.05, 0) is 61.4 Å². The molecule has 3 aromatic carbocycles. The van der Waals surface area contributed by atoms with E-state index in [0.717, 1.165) is 15.6 Å². The van der Waals surface area contributed by atoms with Crippen LogP contribution in [0.2, 0.25) is 5.02 Å². The molecule has 5 rings (SSSR count). The third-order valence-electron chi connectivity index (χ3n) is 6.80. The highest BCUT2D eigenvalue weighted by Gasteiger charge is 2.45. The van der Waals surface area contributed by atoms with Gasteiger partial charge in [0.05, 0.1) is 24.8 Å². The van der Waals surface area contributed by atoms with Gasteiger partial charge in [-0.15, -0.1) is 0 Å². The second-order valence-electron chi connectivity index (χ2n) is 9.90. The average molecular weight is 626 g/mol. The molecule has 1 N–H and O–H groups in total. The molecule has 0 radical (unpaired) electrons. The van der Waals surface area contributed by atoms with Gasteiger partial charge in [-0.1, -0.05) is 51.8 Å². The molecule has 1 fully saturated rings. The van der Waals surface area contributed by atoms with Crippen molar-refractivity contribution in [1.29, 1.82) is 0 Å². The zero-order valence-electron chi connectivity index (χ0n) is 22.4. The molecular weight excluding hydrogens is 596 g/mol. The quantitative estimate of drug-likeness (QED) is 0.365. The number of halogens is 2. The van der Waals surface area contributed by atoms with Crippen molar-refractivity contribution in [2.75, 3.05) is 26.7 Å². The normalized spacial score (nSPS) is 18.9. The molecule has 208 valence electrons. The fourth-order valence-electron chi connectivity index (χ4n) is 4.97. The van der Waals surface area contributed by atoms with Crippen LogP contribution in [0.5, 0.6) is 11.5 Å². The van der Waals surface area contributed by atoms with Crippen molar-refractivity contribution in [3.8, 4) is 11.5 Å². The summed E-state index contributed by atoms with van der Waals surface area (Å²) in [4.78, 5) is 35.1. The van der Waals surface area contributed by atoms with Gasteiger partial charge in [-0.2, -0.15) is 0 Å². The van der Waals surface area contributed by atoms with Gasteiger partial charge in [0.25, 0.3) is 0 Å². The van der Waals surface area contributed by atoms with Gasteiger partial charge < -0.3 is 19.7 Å². The molecule has 2 aliphatic heterocycles. The van der Waals surface area contributed by atoms with E-state index in [-0.39, 0.29) is 24.6 Å². The van der Waals surface area contributed by atoms with Crippen LogP contribution in [0, 0.1) is 0 Å². The molecule has 0 saturated carbocycles. The average Bonchev–Trinajstić information content (AvgIpc) is 3.33. The van der Waals surface area contributed by atoms with Gasteiger partial charge in [0.1, 0.15) is 29.9 Å². The topological polar surface area (TPSA) is 83.5 Å². The van der Waals surface area contributed by atoms with E-state index >= 15 is 0 Å². The SMILES string of the molecule is COc1ccc(C2=N[C@@H](c3ccc(Br)cc3)[C@@H](c3ccc(Cl)cc3)N2C(=O)N2CCNC(=O)C2)c(OC(C)C)c1. The first kappa shape index (κ1) is 28.0. The zero-order chi connectivity index (χ0) is 28.4. The minimum Gasteiger partial charge on any atom is -0.497 e. The molecular formula is C30H30BrClN4O4. The number of nitrogens with one attached hydrogen (secondary N) is 1. The maximum absolute atomic E-state index is 14.4. The van der Waals surface area contributed by atoms with Gasteiger partial charge in [-0.25, -0.2) is 4.79 Å². The summed E-state index contributed by atoms with van der Waals surface area (Å²) in [6.45, 7) is 4.63. The lowest BCUT2D eigenvalue weighted by atomic mass is 9.93. The number of ether oxygens (including phenoxy) is 2. The fraction of sp³-hybridized carbons (Fsp3) is 0.300. The fourth-order valence-corrected chi connectivity index (χ4v) is 5.36. The van der Waals surface area contributed by atoms with Crippen LogP contribution < -0.4 is 14.8 Å². The highest BCUT2D eigenvalue weighted by atomic mass is 79.9. The summed E-state index contributed by atoms with van der Waals surface area (Å²) in [5.41, 5.74) is 2.46. The first-order valence-corrected chi connectivity index (χ1v) is 14.2. The molecule has 0 aromatic heterocycles. The van der Waals surface area contributed by atoms with Crippen LogP contribution in [0.15, 0.2) is 76.2 Å². The highest BCUT2D eigenvalue weighted by molar-refractivity contribution is 9.10. The van der Waals surface area contributed by atoms with Crippen molar-refractivity contribution < 1.29 is 19.1 Å². The number of hydrogen-bond donors (Lipinski definition) is 1. The number of amides is 3. The van der Waals surface area contributed by atoms with E-state index in [2.05, 4.69) is 21.2 Å². The van der Waals surface area contributed by atoms with E-state index in [0.29, 0.717) is 41.0 Å². The summed E-state index contributed by atoms with van der Waals surface area (Å²) in [5.74, 6) is 1.44. The predicted molar refractivity (Wildman–Crippen MR) is 158 cm³/mol. The van der Waals surface area contributed by atoms with Gasteiger partial charge >= 0.3 is 6.03 Å². The number of nitrogens with zero attached hydrogens (tertiary/aromatic N) is 3. The van der Waals surface area contributed by atoms with Gasteiger partial charge in [0, 0.05) is 28.7 Å². The number of benzene rings is 3. The molecule has 2 atom stereocenters. The van der Waals surface area contributed by atoms with E-state index in [1.807, 2.05) is 74.5 Å². The number of urea groups is 1. The molecule has 40 heavy (non-hydrogen) atoms. The maximum Gasteiger partial charge on any atom is 0.326 e. The number of piperazine rings is 1. The Balaban J connectivity index is 1.71. The number of carbonyl (C=O) groups excluding carboxylic acids is 2. The summed E-state index contributed by atoms with van der Waals surface area (Å²) >= 11 is 9.77. The standard InChI is InChI=1S/C30H30BrClN4O4/c1-18(2)40-25-16-23(39-3)12-13-24(25)29-34-27(19-4-8-21(31)9-5-19)28(20-6-10-22(32)11-7-20)36(29)30(38)35-15-14-33-26(37)17-35/h4-13,16,18,27-28H,14-15,17H2,1-3H3,(H,33,37)/t27-,28+/m0/s1.